The van der Waals surface area contributed by atoms with Crippen LogP contribution < -0.4 is 10.9 Å². The first-order chi connectivity index (χ1) is 8.21. The lowest BCUT2D eigenvalue weighted by Gasteiger charge is -2.38. The van der Waals surface area contributed by atoms with Gasteiger partial charge in [-0.3, -0.25) is 0 Å². The molecule has 2 N–H and O–H groups in total. The molecule has 0 aromatic carbocycles. The minimum absolute atomic E-state index is 0.134. The van der Waals surface area contributed by atoms with E-state index in [1.54, 1.807) is 25.4 Å². The van der Waals surface area contributed by atoms with Crippen molar-refractivity contribution in [2.75, 3.05) is 13.2 Å². The summed E-state index contributed by atoms with van der Waals surface area (Å²) in [5.74, 6) is -0.341. The van der Waals surface area contributed by atoms with E-state index < -0.39 is 5.66 Å². The summed E-state index contributed by atoms with van der Waals surface area (Å²) >= 11 is 0. The zero-order valence-corrected chi connectivity index (χ0v) is 10.0. The number of nitrogens with one attached hydrogen (secondary N) is 2. The topological polar surface area (TPSA) is 62.7 Å². The van der Waals surface area contributed by atoms with Crippen LogP contribution in [0.25, 0.3) is 0 Å². The lowest BCUT2D eigenvalue weighted by atomic mass is 10.1. The van der Waals surface area contributed by atoms with Gasteiger partial charge in [-0.05, 0) is 13.8 Å². The fraction of sp³-hybridized carbons (Fsp3) is 0.455. The van der Waals surface area contributed by atoms with Gasteiger partial charge in [-0.25, -0.2) is 4.79 Å². The largest absolute Gasteiger partial charge is 0.460 e. The number of carbonyl (C=O) groups excluding carboxylic acids is 1. The van der Waals surface area contributed by atoms with Gasteiger partial charge in [-0.15, -0.1) is 4.59 Å². The Morgan fingerprint density at radius 1 is 1.53 bits per heavy atom. The number of ether oxygens (including phenoxy) is 1. The maximum absolute atomic E-state index is 12.2. The van der Waals surface area contributed by atoms with Gasteiger partial charge in [-0.2, -0.15) is 5.43 Å². The van der Waals surface area contributed by atoms with Crippen LogP contribution in [0.15, 0.2) is 29.7 Å². The molecule has 0 saturated heterocycles. The highest BCUT2D eigenvalue weighted by molar-refractivity contribution is 5.82. The van der Waals surface area contributed by atoms with Gasteiger partial charge in [0.1, 0.15) is 12.7 Å². The average Bonchev–Trinajstić information content (AvgIpc) is 3.00. The van der Waals surface area contributed by atoms with Crippen LogP contribution in [0.1, 0.15) is 13.8 Å². The number of carbonyl (C=O) groups is 1. The molecule has 0 aliphatic carbocycles. The van der Waals surface area contributed by atoms with Gasteiger partial charge in [0.15, 0.2) is 0 Å². The van der Waals surface area contributed by atoms with E-state index in [-0.39, 0.29) is 10.6 Å². The highest BCUT2D eigenvalue weighted by atomic mass is 16.5. The van der Waals surface area contributed by atoms with Crippen molar-refractivity contribution in [3.63, 3.8) is 0 Å². The Hall–Kier alpha value is -1.66. The Kier molecular flexibility index (Phi) is 2.99. The molecule has 0 amide bonds. The van der Waals surface area contributed by atoms with Crippen LogP contribution in [0.3, 0.4) is 0 Å². The van der Waals surface area contributed by atoms with E-state index in [9.17, 15) is 4.79 Å². The fourth-order valence-electron chi connectivity index (χ4n) is 2.12. The highest BCUT2D eigenvalue weighted by Crippen LogP contribution is 2.31. The molecule has 6 heteroatoms. The molecule has 0 bridgehead atoms. The number of rotatable bonds is 4. The maximum Gasteiger partial charge on any atom is 0.393 e. The molecule has 2 unspecified atom stereocenters. The Balaban J connectivity index is 2.41. The molecule has 0 spiro atoms. The number of likely N-dealkylation sites (N-methyl/N-ethyl adjacent to an activating group) is 1. The summed E-state index contributed by atoms with van der Waals surface area (Å²) in [5.41, 5.74) is 4.77. The molecule has 92 valence electrons. The van der Waals surface area contributed by atoms with Gasteiger partial charge in [0, 0.05) is 18.4 Å². The zero-order valence-electron chi connectivity index (χ0n) is 10.0. The molecule has 2 heterocycles. The number of allylic oxidation sites excluding steroid dienone is 1. The SMILES string of the molecule is CCOC(=O)C1([N+]2(CC)C=CC=N2)C=CNN1. The molecule has 2 atom stereocenters. The molecule has 2 aliphatic rings. The third-order valence-corrected chi connectivity index (χ3v) is 3.04. The molecule has 2 rings (SSSR count). The number of nitrogens with zero attached hydrogens (tertiary/aromatic N) is 2. The standard InChI is InChI=1S/C11H17N4O2/c1-3-15(9-5-7-13-15)11(6-8-12-14-11)10(16)17-4-2/h5-9,12,14H,3-4H2,1-2H3/q+1. The highest BCUT2D eigenvalue weighted by Gasteiger charge is 2.59. The Bertz CT molecular complexity index is 390. The fourth-order valence-corrected chi connectivity index (χ4v) is 2.12. The van der Waals surface area contributed by atoms with Crippen molar-refractivity contribution in [2.45, 2.75) is 19.5 Å². The van der Waals surface area contributed by atoms with E-state index in [0.717, 1.165) is 0 Å². The molecule has 0 radical (unpaired) electrons. The lowest BCUT2D eigenvalue weighted by Crippen LogP contribution is -2.69. The minimum Gasteiger partial charge on any atom is -0.460 e. The van der Waals surface area contributed by atoms with Gasteiger partial charge in [0.25, 0.3) is 0 Å². The summed E-state index contributed by atoms with van der Waals surface area (Å²) in [6, 6.07) is 0. The predicted octanol–water partition coefficient (Wildman–Crippen LogP) is 0.217. The second-order valence-electron chi connectivity index (χ2n) is 3.84. The third kappa shape index (κ3) is 1.57. The summed E-state index contributed by atoms with van der Waals surface area (Å²) in [4.78, 5) is 12.2. The second-order valence-corrected chi connectivity index (χ2v) is 3.84. The molecule has 0 fully saturated rings. The monoisotopic (exact) mass is 237 g/mol. The first-order valence-electron chi connectivity index (χ1n) is 5.69. The molecule has 6 nitrogen and oxygen atoms in total. The molecule has 0 aromatic heterocycles. The molecule has 0 aromatic rings. The first kappa shape index (κ1) is 11.8. The van der Waals surface area contributed by atoms with Gasteiger partial charge < -0.3 is 10.2 Å². The summed E-state index contributed by atoms with van der Waals surface area (Å²) in [6.45, 7) is 4.75. The zero-order chi connectivity index (χ0) is 12.4. The quantitative estimate of drug-likeness (QED) is 0.542. The van der Waals surface area contributed by atoms with E-state index >= 15 is 0 Å². The van der Waals surface area contributed by atoms with Crippen molar-refractivity contribution < 1.29 is 14.1 Å². The molecular weight excluding hydrogens is 220 g/mol. The molecule has 2 aliphatic heterocycles. The van der Waals surface area contributed by atoms with Crippen LogP contribution in [0.4, 0.5) is 0 Å². The predicted molar refractivity (Wildman–Crippen MR) is 63.2 cm³/mol. The number of hydrogen-bond donors (Lipinski definition) is 2. The van der Waals surface area contributed by atoms with Crippen LogP contribution >= 0.6 is 0 Å². The second kappa shape index (κ2) is 4.31. The van der Waals surface area contributed by atoms with E-state index in [1.807, 2.05) is 19.2 Å². The smallest absolute Gasteiger partial charge is 0.393 e. The Labute approximate surface area is 100 Å². The van der Waals surface area contributed by atoms with Gasteiger partial charge in [0.2, 0.25) is 0 Å². The van der Waals surface area contributed by atoms with Crippen molar-refractivity contribution in [3.8, 4) is 0 Å². The molecular formula is C11H17N4O2+. The lowest BCUT2D eigenvalue weighted by molar-refractivity contribution is -0.920. The van der Waals surface area contributed by atoms with Crippen LogP contribution in [-0.4, -0.2) is 35.6 Å². The van der Waals surface area contributed by atoms with Crippen LogP contribution in [0.2, 0.25) is 0 Å². The van der Waals surface area contributed by atoms with Crippen molar-refractivity contribution >= 4 is 12.2 Å². The van der Waals surface area contributed by atoms with Crippen molar-refractivity contribution in [1.82, 2.24) is 10.9 Å². The summed E-state index contributed by atoms with van der Waals surface area (Å²) in [5, 5.41) is 4.39. The number of hydrogen-bond acceptors (Lipinski definition) is 5. The van der Waals surface area contributed by atoms with Crippen LogP contribution in [-0.2, 0) is 9.53 Å². The minimum atomic E-state index is -1.02. The summed E-state index contributed by atoms with van der Waals surface area (Å²) in [6.07, 6.45) is 8.84. The van der Waals surface area contributed by atoms with Gasteiger partial charge in [-0.1, -0.05) is 5.10 Å². The Morgan fingerprint density at radius 3 is 2.82 bits per heavy atom. The van der Waals surface area contributed by atoms with Crippen molar-refractivity contribution in [2.24, 2.45) is 5.10 Å². The van der Waals surface area contributed by atoms with Crippen LogP contribution in [0.5, 0.6) is 0 Å². The van der Waals surface area contributed by atoms with E-state index in [0.29, 0.717) is 13.2 Å². The first-order valence-corrected chi connectivity index (χ1v) is 5.69. The van der Waals surface area contributed by atoms with E-state index in [4.69, 9.17) is 4.74 Å². The van der Waals surface area contributed by atoms with Gasteiger partial charge in [0.05, 0.1) is 12.8 Å². The third-order valence-electron chi connectivity index (χ3n) is 3.04. The summed E-state index contributed by atoms with van der Waals surface area (Å²) in [7, 11) is 0. The molecule has 0 saturated carbocycles. The van der Waals surface area contributed by atoms with Gasteiger partial charge >= 0.3 is 11.6 Å². The summed E-state index contributed by atoms with van der Waals surface area (Å²) < 4.78 is 5.29. The number of quaternary nitrogens is 1. The van der Waals surface area contributed by atoms with Crippen LogP contribution in [0, 0.1) is 0 Å². The van der Waals surface area contributed by atoms with Crippen molar-refractivity contribution in [1.29, 1.82) is 0 Å². The maximum atomic E-state index is 12.2. The average molecular weight is 237 g/mol. The molecule has 17 heavy (non-hydrogen) atoms. The van der Waals surface area contributed by atoms with E-state index in [2.05, 4.69) is 16.0 Å². The van der Waals surface area contributed by atoms with Crippen molar-refractivity contribution in [3.05, 3.63) is 24.6 Å². The van der Waals surface area contributed by atoms with E-state index in [1.165, 1.54) is 0 Å². The number of hydrazine groups is 1. The number of esters is 1. The Morgan fingerprint density at radius 2 is 2.35 bits per heavy atom. The normalized spacial score (nSPS) is 34.0.